The number of nitrogens with zero attached hydrogens (tertiary/aromatic N) is 2. The number of fused-ring (bicyclic) bond motifs is 1. The minimum Gasteiger partial charge on any atom is -0.492 e. The molecule has 2 aliphatic rings. The Balaban J connectivity index is 1.31. The van der Waals surface area contributed by atoms with Crippen LogP contribution in [0.2, 0.25) is 0 Å². The number of aromatic nitrogens is 2. The van der Waals surface area contributed by atoms with Crippen molar-refractivity contribution in [2.75, 3.05) is 6.61 Å². The SMILES string of the molecule is O=C(NC1CCC(n2ncccc2=O)CC1)C1COc2ccccc2C1. The predicted molar refractivity (Wildman–Crippen MR) is 97.1 cm³/mol. The molecule has 4 rings (SSSR count). The second-order valence-electron chi connectivity index (χ2n) is 7.14. The smallest absolute Gasteiger partial charge is 0.266 e. The normalized spacial score (nSPS) is 25.0. The molecule has 1 amide bonds. The standard InChI is InChI=1S/C20H23N3O3/c24-19-6-3-11-21-23(19)17-9-7-16(8-10-17)22-20(25)15-12-14-4-1-2-5-18(14)26-13-15/h1-6,11,15-17H,7-10,12-13H2,(H,22,25). The lowest BCUT2D eigenvalue weighted by atomic mass is 9.90. The largest absolute Gasteiger partial charge is 0.492 e. The van der Waals surface area contributed by atoms with Gasteiger partial charge in [-0.3, -0.25) is 9.59 Å². The molecule has 1 unspecified atom stereocenters. The molecule has 1 aliphatic heterocycles. The van der Waals surface area contributed by atoms with Crippen molar-refractivity contribution in [1.82, 2.24) is 15.1 Å². The molecule has 26 heavy (non-hydrogen) atoms. The summed E-state index contributed by atoms with van der Waals surface area (Å²) in [7, 11) is 0. The van der Waals surface area contributed by atoms with E-state index in [0.717, 1.165) is 43.4 Å². The van der Waals surface area contributed by atoms with E-state index >= 15 is 0 Å². The lowest BCUT2D eigenvalue weighted by Crippen LogP contribution is -2.44. The first kappa shape index (κ1) is 16.8. The maximum absolute atomic E-state index is 12.6. The quantitative estimate of drug-likeness (QED) is 0.917. The number of rotatable bonds is 3. The number of benzene rings is 1. The summed E-state index contributed by atoms with van der Waals surface area (Å²) in [5.41, 5.74) is 1.04. The van der Waals surface area contributed by atoms with E-state index in [-0.39, 0.29) is 29.5 Å². The zero-order valence-electron chi connectivity index (χ0n) is 14.6. The Morgan fingerprint density at radius 3 is 2.73 bits per heavy atom. The Labute approximate surface area is 152 Å². The van der Waals surface area contributed by atoms with Crippen LogP contribution in [0.25, 0.3) is 0 Å². The molecule has 1 fully saturated rings. The van der Waals surface area contributed by atoms with E-state index in [0.29, 0.717) is 6.61 Å². The zero-order valence-corrected chi connectivity index (χ0v) is 14.6. The summed E-state index contributed by atoms with van der Waals surface area (Å²) in [6.45, 7) is 0.432. The van der Waals surface area contributed by atoms with Crippen molar-refractivity contribution < 1.29 is 9.53 Å². The topological polar surface area (TPSA) is 73.2 Å². The van der Waals surface area contributed by atoms with Crippen LogP contribution in [0.5, 0.6) is 5.75 Å². The summed E-state index contributed by atoms with van der Waals surface area (Å²) < 4.78 is 7.30. The van der Waals surface area contributed by atoms with Crippen molar-refractivity contribution in [2.24, 2.45) is 5.92 Å². The van der Waals surface area contributed by atoms with Gasteiger partial charge >= 0.3 is 0 Å². The van der Waals surface area contributed by atoms with Crippen LogP contribution < -0.4 is 15.6 Å². The Morgan fingerprint density at radius 2 is 1.92 bits per heavy atom. The van der Waals surface area contributed by atoms with E-state index in [9.17, 15) is 9.59 Å². The zero-order chi connectivity index (χ0) is 17.9. The van der Waals surface area contributed by atoms with Gasteiger partial charge in [-0.2, -0.15) is 5.10 Å². The molecule has 1 aliphatic carbocycles. The molecule has 0 radical (unpaired) electrons. The Hall–Kier alpha value is -2.63. The third-order valence-electron chi connectivity index (χ3n) is 5.38. The monoisotopic (exact) mass is 353 g/mol. The molecular formula is C20H23N3O3. The van der Waals surface area contributed by atoms with Gasteiger partial charge in [0, 0.05) is 18.3 Å². The summed E-state index contributed by atoms with van der Waals surface area (Å²) in [6.07, 6.45) is 5.81. The number of hydrogen-bond acceptors (Lipinski definition) is 4. The molecule has 2 heterocycles. The van der Waals surface area contributed by atoms with E-state index in [1.54, 1.807) is 23.0 Å². The van der Waals surface area contributed by atoms with E-state index in [1.165, 1.54) is 0 Å². The van der Waals surface area contributed by atoms with Crippen LogP contribution in [0.1, 0.15) is 37.3 Å². The lowest BCUT2D eigenvalue weighted by molar-refractivity contribution is -0.127. The summed E-state index contributed by atoms with van der Waals surface area (Å²) in [4.78, 5) is 24.5. The summed E-state index contributed by atoms with van der Waals surface area (Å²) in [6, 6.07) is 11.4. The molecule has 1 atom stereocenters. The Morgan fingerprint density at radius 1 is 1.12 bits per heavy atom. The fourth-order valence-electron chi connectivity index (χ4n) is 3.92. The molecule has 0 bridgehead atoms. The van der Waals surface area contributed by atoms with Gasteiger partial charge in [0.2, 0.25) is 5.91 Å². The minimum absolute atomic E-state index is 0.0574. The van der Waals surface area contributed by atoms with Crippen LogP contribution in [-0.2, 0) is 11.2 Å². The average Bonchev–Trinajstić information content (AvgIpc) is 2.69. The molecule has 0 saturated heterocycles. The van der Waals surface area contributed by atoms with Crippen molar-refractivity contribution in [2.45, 2.75) is 44.2 Å². The number of para-hydroxylation sites is 1. The highest BCUT2D eigenvalue weighted by Crippen LogP contribution is 2.29. The number of ether oxygens (including phenoxy) is 1. The Kier molecular flexibility index (Phi) is 4.73. The highest BCUT2D eigenvalue weighted by atomic mass is 16.5. The van der Waals surface area contributed by atoms with Gasteiger partial charge in [-0.05, 0) is 49.8 Å². The lowest BCUT2D eigenvalue weighted by Gasteiger charge is -2.31. The molecule has 2 aromatic rings. The van der Waals surface area contributed by atoms with Crippen molar-refractivity contribution in [3.8, 4) is 5.75 Å². The van der Waals surface area contributed by atoms with E-state index in [2.05, 4.69) is 10.4 Å². The number of nitrogens with one attached hydrogen (secondary N) is 1. The third kappa shape index (κ3) is 3.49. The number of hydrogen-bond donors (Lipinski definition) is 1. The first-order chi connectivity index (χ1) is 12.7. The summed E-state index contributed by atoms with van der Waals surface area (Å²) in [5, 5.41) is 7.36. The van der Waals surface area contributed by atoms with Crippen LogP contribution in [-0.4, -0.2) is 28.3 Å². The van der Waals surface area contributed by atoms with Crippen LogP contribution in [0.4, 0.5) is 0 Å². The fraction of sp³-hybridized carbons (Fsp3) is 0.450. The van der Waals surface area contributed by atoms with E-state index in [4.69, 9.17) is 4.74 Å². The van der Waals surface area contributed by atoms with Gasteiger partial charge in [-0.15, -0.1) is 0 Å². The van der Waals surface area contributed by atoms with Crippen LogP contribution >= 0.6 is 0 Å². The molecule has 6 heteroatoms. The third-order valence-corrected chi connectivity index (χ3v) is 5.38. The number of carbonyl (C=O) groups excluding carboxylic acids is 1. The summed E-state index contributed by atoms with van der Waals surface area (Å²) >= 11 is 0. The van der Waals surface area contributed by atoms with Gasteiger partial charge < -0.3 is 10.1 Å². The van der Waals surface area contributed by atoms with Gasteiger partial charge in [0.25, 0.3) is 5.56 Å². The van der Waals surface area contributed by atoms with Gasteiger partial charge in [-0.25, -0.2) is 4.68 Å². The van der Waals surface area contributed by atoms with Crippen molar-refractivity contribution in [3.05, 3.63) is 58.5 Å². The van der Waals surface area contributed by atoms with Gasteiger partial charge in [0.1, 0.15) is 12.4 Å². The molecule has 1 aromatic carbocycles. The maximum Gasteiger partial charge on any atom is 0.266 e. The van der Waals surface area contributed by atoms with E-state index in [1.807, 2.05) is 24.3 Å². The van der Waals surface area contributed by atoms with Crippen molar-refractivity contribution in [3.63, 3.8) is 0 Å². The average molecular weight is 353 g/mol. The summed E-state index contributed by atoms with van der Waals surface area (Å²) in [5.74, 6) is 0.817. The molecule has 136 valence electrons. The van der Waals surface area contributed by atoms with E-state index < -0.39 is 0 Å². The Bertz CT molecular complexity index is 840. The second kappa shape index (κ2) is 7.32. The van der Waals surface area contributed by atoms with Crippen LogP contribution in [0.3, 0.4) is 0 Å². The van der Waals surface area contributed by atoms with Crippen LogP contribution in [0, 0.1) is 5.92 Å². The van der Waals surface area contributed by atoms with Gasteiger partial charge in [-0.1, -0.05) is 18.2 Å². The number of amides is 1. The fourth-order valence-corrected chi connectivity index (χ4v) is 3.92. The van der Waals surface area contributed by atoms with Crippen molar-refractivity contribution >= 4 is 5.91 Å². The number of carbonyl (C=O) groups is 1. The molecule has 1 aromatic heterocycles. The molecule has 0 spiro atoms. The second-order valence-corrected chi connectivity index (χ2v) is 7.14. The van der Waals surface area contributed by atoms with Gasteiger partial charge in [0.05, 0.1) is 12.0 Å². The minimum atomic E-state index is -0.138. The molecule has 1 N–H and O–H groups in total. The molecular weight excluding hydrogens is 330 g/mol. The van der Waals surface area contributed by atoms with Gasteiger partial charge in [0.15, 0.2) is 0 Å². The molecule has 6 nitrogen and oxygen atoms in total. The van der Waals surface area contributed by atoms with Crippen molar-refractivity contribution in [1.29, 1.82) is 0 Å². The highest BCUT2D eigenvalue weighted by molar-refractivity contribution is 5.79. The van der Waals surface area contributed by atoms with Crippen LogP contribution in [0.15, 0.2) is 47.4 Å². The predicted octanol–water partition coefficient (Wildman–Crippen LogP) is 2.09. The maximum atomic E-state index is 12.6. The first-order valence-electron chi connectivity index (χ1n) is 9.25. The first-order valence-corrected chi connectivity index (χ1v) is 9.25. The molecule has 1 saturated carbocycles. The highest BCUT2D eigenvalue weighted by Gasteiger charge is 2.29.